The predicted octanol–water partition coefficient (Wildman–Crippen LogP) is 2.48. The van der Waals surface area contributed by atoms with Crippen LogP contribution in [0.5, 0.6) is 5.75 Å². The zero-order valence-electron chi connectivity index (χ0n) is 12.8. The highest BCUT2D eigenvalue weighted by atomic mass is 19.1. The predicted molar refractivity (Wildman–Crippen MR) is 80.1 cm³/mol. The van der Waals surface area contributed by atoms with E-state index in [2.05, 4.69) is 0 Å². The highest BCUT2D eigenvalue weighted by molar-refractivity contribution is 5.77. The summed E-state index contributed by atoms with van der Waals surface area (Å²) in [6.45, 7) is 4.11. The third kappa shape index (κ3) is 3.24. The Labute approximate surface area is 130 Å². The SMILES string of the molecule is CCOCC(=O)N1C[C@@H]2CC[C@H](Oc3cccc(F)c3)[C@@H]2C1. The van der Waals surface area contributed by atoms with E-state index in [1.165, 1.54) is 12.1 Å². The fourth-order valence-electron chi connectivity index (χ4n) is 3.56. The molecule has 5 heteroatoms. The topological polar surface area (TPSA) is 38.8 Å². The van der Waals surface area contributed by atoms with Crippen molar-refractivity contribution >= 4 is 5.91 Å². The third-order valence-corrected chi connectivity index (χ3v) is 4.66. The van der Waals surface area contributed by atoms with Gasteiger partial charge in [0.2, 0.25) is 5.91 Å². The second-order valence-corrected chi connectivity index (χ2v) is 6.05. The maximum absolute atomic E-state index is 13.2. The summed E-state index contributed by atoms with van der Waals surface area (Å²) >= 11 is 0. The second kappa shape index (κ2) is 6.65. The van der Waals surface area contributed by atoms with E-state index in [-0.39, 0.29) is 24.4 Å². The number of carbonyl (C=O) groups excluding carboxylic acids is 1. The molecule has 1 heterocycles. The number of fused-ring (bicyclic) bond motifs is 1. The van der Waals surface area contributed by atoms with Gasteiger partial charge in [0.05, 0.1) is 0 Å². The first-order valence-electron chi connectivity index (χ1n) is 7.95. The Morgan fingerprint density at radius 3 is 3.00 bits per heavy atom. The van der Waals surface area contributed by atoms with E-state index in [0.29, 0.717) is 24.2 Å². The molecule has 1 amide bonds. The highest BCUT2D eigenvalue weighted by Gasteiger charge is 2.45. The molecule has 120 valence electrons. The number of benzene rings is 1. The summed E-state index contributed by atoms with van der Waals surface area (Å²) in [5.41, 5.74) is 0. The first-order chi connectivity index (χ1) is 10.7. The van der Waals surface area contributed by atoms with Crippen molar-refractivity contribution in [2.45, 2.75) is 25.9 Å². The van der Waals surface area contributed by atoms with Crippen LogP contribution in [0.4, 0.5) is 4.39 Å². The molecule has 1 aliphatic carbocycles. The summed E-state index contributed by atoms with van der Waals surface area (Å²) < 4.78 is 24.4. The van der Waals surface area contributed by atoms with Gasteiger partial charge in [-0.15, -0.1) is 0 Å². The van der Waals surface area contributed by atoms with Crippen molar-refractivity contribution in [3.05, 3.63) is 30.1 Å². The molecule has 1 aromatic rings. The number of ether oxygens (including phenoxy) is 2. The van der Waals surface area contributed by atoms with Crippen LogP contribution in [0, 0.1) is 17.7 Å². The summed E-state index contributed by atoms with van der Waals surface area (Å²) in [7, 11) is 0. The summed E-state index contributed by atoms with van der Waals surface area (Å²) in [5, 5.41) is 0. The molecule has 22 heavy (non-hydrogen) atoms. The fraction of sp³-hybridized carbons (Fsp3) is 0.588. The minimum atomic E-state index is -0.285. The van der Waals surface area contributed by atoms with E-state index in [0.717, 1.165) is 25.9 Å². The molecule has 0 spiro atoms. The van der Waals surface area contributed by atoms with Crippen molar-refractivity contribution in [2.24, 2.45) is 11.8 Å². The lowest BCUT2D eigenvalue weighted by Crippen LogP contribution is -2.34. The van der Waals surface area contributed by atoms with Crippen LogP contribution in [0.1, 0.15) is 19.8 Å². The van der Waals surface area contributed by atoms with Gasteiger partial charge in [0.1, 0.15) is 24.3 Å². The monoisotopic (exact) mass is 307 g/mol. The van der Waals surface area contributed by atoms with Gasteiger partial charge < -0.3 is 14.4 Å². The smallest absolute Gasteiger partial charge is 0.248 e. The molecule has 0 bridgehead atoms. The minimum absolute atomic E-state index is 0.0563. The molecule has 0 unspecified atom stereocenters. The Kier molecular flexibility index (Phi) is 4.62. The molecule has 4 nitrogen and oxygen atoms in total. The molecule has 1 saturated heterocycles. The van der Waals surface area contributed by atoms with Crippen LogP contribution >= 0.6 is 0 Å². The van der Waals surface area contributed by atoms with Gasteiger partial charge in [-0.25, -0.2) is 4.39 Å². The van der Waals surface area contributed by atoms with E-state index in [9.17, 15) is 9.18 Å². The molecular weight excluding hydrogens is 285 g/mol. The summed E-state index contributed by atoms with van der Waals surface area (Å²) in [6, 6.07) is 6.27. The molecule has 0 aromatic heterocycles. The van der Waals surface area contributed by atoms with Crippen molar-refractivity contribution in [1.29, 1.82) is 0 Å². The van der Waals surface area contributed by atoms with E-state index in [4.69, 9.17) is 9.47 Å². The van der Waals surface area contributed by atoms with Crippen LogP contribution in [-0.2, 0) is 9.53 Å². The van der Waals surface area contributed by atoms with Crippen LogP contribution in [0.25, 0.3) is 0 Å². The van der Waals surface area contributed by atoms with Crippen LogP contribution in [0.15, 0.2) is 24.3 Å². The van der Waals surface area contributed by atoms with Gasteiger partial charge in [-0.3, -0.25) is 4.79 Å². The number of hydrogen-bond acceptors (Lipinski definition) is 3. The molecule has 0 N–H and O–H groups in total. The first-order valence-corrected chi connectivity index (χ1v) is 7.95. The number of amides is 1. The van der Waals surface area contributed by atoms with Crippen LogP contribution in [-0.4, -0.2) is 43.2 Å². The van der Waals surface area contributed by atoms with Gasteiger partial charge >= 0.3 is 0 Å². The Morgan fingerprint density at radius 1 is 1.36 bits per heavy atom. The lowest BCUT2D eigenvalue weighted by atomic mass is 9.99. The molecule has 1 aromatic carbocycles. The number of nitrogens with zero attached hydrogens (tertiary/aromatic N) is 1. The van der Waals surface area contributed by atoms with E-state index < -0.39 is 0 Å². The molecule has 2 fully saturated rings. The molecule has 1 saturated carbocycles. The molecule has 2 aliphatic rings. The molecule has 3 atom stereocenters. The Hall–Kier alpha value is -1.62. The van der Waals surface area contributed by atoms with Crippen molar-refractivity contribution in [1.82, 2.24) is 4.90 Å². The number of hydrogen-bond donors (Lipinski definition) is 0. The molecular formula is C17H22FNO3. The summed E-state index contributed by atoms with van der Waals surface area (Å²) in [6.07, 6.45) is 2.10. The average Bonchev–Trinajstić information content (AvgIpc) is 3.07. The van der Waals surface area contributed by atoms with Gasteiger partial charge in [-0.05, 0) is 37.8 Å². The molecule has 0 radical (unpaired) electrons. The number of carbonyl (C=O) groups is 1. The summed E-state index contributed by atoms with van der Waals surface area (Å²) in [5.74, 6) is 1.18. The van der Waals surface area contributed by atoms with Gasteiger partial charge in [0.25, 0.3) is 0 Å². The van der Waals surface area contributed by atoms with E-state index in [1.54, 1.807) is 12.1 Å². The quantitative estimate of drug-likeness (QED) is 0.839. The standard InChI is InChI=1S/C17H22FNO3/c1-2-21-11-17(20)19-9-12-6-7-16(15(12)10-19)22-14-5-3-4-13(18)8-14/h3-5,8,12,15-16H,2,6-7,9-11H2,1H3/t12-,15+,16-/m0/s1. The van der Waals surface area contributed by atoms with Crippen molar-refractivity contribution < 1.29 is 18.7 Å². The Balaban J connectivity index is 1.59. The van der Waals surface area contributed by atoms with Crippen molar-refractivity contribution in [3.63, 3.8) is 0 Å². The van der Waals surface area contributed by atoms with Crippen LogP contribution in [0.2, 0.25) is 0 Å². The summed E-state index contributed by atoms with van der Waals surface area (Å²) in [4.78, 5) is 13.9. The normalized spacial score (nSPS) is 27.0. The largest absolute Gasteiger partial charge is 0.490 e. The van der Waals surface area contributed by atoms with E-state index in [1.807, 2.05) is 11.8 Å². The number of likely N-dealkylation sites (tertiary alicyclic amines) is 1. The minimum Gasteiger partial charge on any atom is -0.490 e. The number of rotatable bonds is 5. The maximum Gasteiger partial charge on any atom is 0.248 e. The lowest BCUT2D eigenvalue weighted by molar-refractivity contribution is -0.135. The van der Waals surface area contributed by atoms with Gasteiger partial charge in [-0.1, -0.05) is 6.07 Å². The average molecular weight is 307 g/mol. The van der Waals surface area contributed by atoms with Gasteiger partial charge in [-0.2, -0.15) is 0 Å². The first kappa shape index (κ1) is 15.3. The molecule has 1 aliphatic heterocycles. The van der Waals surface area contributed by atoms with Crippen LogP contribution < -0.4 is 4.74 Å². The zero-order valence-corrected chi connectivity index (χ0v) is 12.8. The van der Waals surface area contributed by atoms with E-state index >= 15 is 0 Å². The van der Waals surface area contributed by atoms with Gasteiger partial charge in [0.15, 0.2) is 0 Å². The maximum atomic E-state index is 13.2. The highest BCUT2D eigenvalue weighted by Crippen LogP contribution is 2.40. The van der Waals surface area contributed by atoms with Crippen LogP contribution in [0.3, 0.4) is 0 Å². The molecule has 3 rings (SSSR count). The Morgan fingerprint density at radius 2 is 2.23 bits per heavy atom. The fourth-order valence-corrected chi connectivity index (χ4v) is 3.56. The third-order valence-electron chi connectivity index (χ3n) is 4.66. The Bertz CT molecular complexity index is 536. The van der Waals surface area contributed by atoms with Crippen molar-refractivity contribution in [2.75, 3.05) is 26.3 Å². The second-order valence-electron chi connectivity index (χ2n) is 6.05. The lowest BCUT2D eigenvalue weighted by Gasteiger charge is -2.22. The number of halogens is 1. The zero-order chi connectivity index (χ0) is 15.5. The van der Waals surface area contributed by atoms with Gasteiger partial charge in [0, 0.05) is 31.7 Å². The van der Waals surface area contributed by atoms with Crippen molar-refractivity contribution in [3.8, 4) is 5.75 Å².